The minimum atomic E-state index is 0.655. The van der Waals surface area contributed by atoms with Crippen LogP contribution in [0.5, 0.6) is 0 Å². The first-order valence-electron chi connectivity index (χ1n) is 3.03. The van der Waals surface area contributed by atoms with Crippen LogP contribution in [-0.2, 0) is 0 Å². The molecule has 0 aliphatic carbocycles. The summed E-state index contributed by atoms with van der Waals surface area (Å²) in [7, 11) is 1.94. The lowest BCUT2D eigenvalue weighted by Crippen LogP contribution is -2.02. The highest BCUT2D eigenvalue weighted by Crippen LogP contribution is 1.96. The van der Waals surface area contributed by atoms with Crippen molar-refractivity contribution in [1.29, 1.82) is 0 Å². The summed E-state index contributed by atoms with van der Waals surface area (Å²) in [6.45, 7) is 6.40. The van der Waals surface area contributed by atoms with Crippen LogP contribution in [0.3, 0.4) is 0 Å². The summed E-state index contributed by atoms with van der Waals surface area (Å²) in [6.07, 6.45) is 2.19. The smallest absolute Gasteiger partial charge is 0.00345 e. The van der Waals surface area contributed by atoms with E-state index in [4.69, 9.17) is 0 Å². The third kappa shape index (κ3) is 3.72. The molecule has 1 heteroatoms. The lowest BCUT2D eigenvalue weighted by molar-refractivity contribution is 0.802. The van der Waals surface area contributed by atoms with Gasteiger partial charge in [-0.05, 0) is 12.8 Å². The largest absolute Gasteiger partial charge is 0.392 e. The molecule has 0 fully saturated rings. The van der Waals surface area contributed by atoms with Crippen LogP contribution in [0.1, 0.15) is 20.8 Å². The van der Waals surface area contributed by atoms with Crippen LogP contribution < -0.4 is 5.32 Å². The Morgan fingerprint density at radius 3 is 2.12 bits per heavy atom. The van der Waals surface area contributed by atoms with Crippen molar-refractivity contribution in [2.24, 2.45) is 5.92 Å². The standard InChI is InChI=1S/C7H15N/c1-6(2)5-7(3)8-4/h5-6,8H,1-4H3. The van der Waals surface area contributed by atoms with Gasteiger partial charge in [-0.15, -0.1) is 0 Å². The van der Waals surface area contributed by atoms with E-state index >= 15 is 0 Å². The SMILES string of the molecule is CNC(C)=CC(C)C. The number of allylic oxidation sites excluding steroid dienone is 2. The van der Waals surface area contributed by atoms with Crippen LogP contribution in [0, 0.1) is 5.92 Å². The second-order valence-corrected chi connectivity index (χ2v) is 2.34. The van der Waals surface area contributed by atoms with Crippen molar-refractivity contribution < 1.29 is 0 Å². The first-order chi connectivity index (χ1) is 3.66. The maximum Gasteiger partial charge on any atom is 0.00345 e. The minimum absolute atomic E-state index is 0.655. The number of rotatable bonds is 2. The van der Waals surface area contributed by atoms with Gasteiger partial charge in [-0.1, -0.05) is 19.9 Å². The Balaban J connectivity index is 3.56. The average Bonchev–Trinajstić information content (AvgIpc) is 1.65. The Hall–Kier alpha value is -0.460. The second-order valence-electron chi connectivity index (χ2n) is 2.34. The molecule has 0 unspecified atom stereocenters. The molecule has 0 aromatic rings. The predicted octanol–water partition coefficient (Wildman–Crippen LogP) is 1.77. The van der Waals surface area contributed by atoms with Crippen LogP contribution in [0.25, 0.3) is 0 Å². The van der Waals surface area contributed by atoms with Crippen molar-refractivity contribution in [2.75, 3.05) is 7.05 Å². The topological polar surface area (TPSA) is 12.0 Å². The van der Waals surface area contributed by atoms with Gasteiger partial charge in [0.05, 0.1) is 0 Å². The lowest BCUT2D eigenvalue weighted by Gasteiger charge is -1.99. The van der Waals surface area contributed by atoms with Crippen molar-refractivity contribution >= 4 is 0 Å². The molecule has 0 saturated carbocycles. The first kappa shape index (κ1) is 7.54. The van der Waals surface area contributed by atoms with E-state index in [2.05, 4.69) is 32.2 Å². The molecule has 0 aromatic carbocycles. The third-order valence-corrected chi connectivity index (χ3v) is 0.978. The molecule has 0 saturated heterocycles. The van der Waals surface area contributed by atoms with Crippen molar-refractivity contribution in [3.05, 3.63) is 11.8 Å². The van der Waals surface area contributed by atoms with E-state index in [1.165, 1.54) is 5.70 Å². The monoisotopic (exact) mass is 113 g/mol. The van der Waals surface area contributed by atoms with Crippen LogP contribution in [0.4, 0.5) is 0 Å². The molecule has 0 amide bonds. The van der Waals surface area contributed by atoms with E-state index in [9.17, 15) is 0 Å². The molecule has 0 aliphatic rings. The Bertz CT molecular complexity index is 82.4. The second kappa shape index (κ2) is 3.53. The Kier molecular flexibility index (Phi) is 3.33. The van der Waals surface area contributed by atoms with Gasteiger partial charge in [-0.25, -0.2) is 0 Å². The zero-order valence-electron chi connectivity index (χ0n) is 6.15. The fourth-order valence-corrected chi connectivity index (χ4v) is 0.583. The molecule has 0 heterocycles. The highest BCUT2D eigenvalue weighted by molar-refractivity contribution is 4.95. The number of nitrogens with one attached hydrogen (secondary N) is 1. The highest BCUT2D eigenvalue weighted by atomic mass is 14.8. The molecule has 0 spiro atoms. The Morgan fingerprint density at radius 1 is 1.50 bits per heavy atom. The van der Waals surface area contributed by atoms with E-state index < -0.39 is 0 Å². The Morgan fingerprint density at radius 2 is 2.00 bits per heavy atom. The maximum atomic E-state index is 3.06. The maximum absolute atomic E-state index is 3.06. The van der Waals surface area contributed by atoms with Crippen molar-refractivity contribution in [3.63, 3.8) is 0 Å². The van der Waals surface area contributed by atoms with Crippen molar-refractivity contribution in [2.45, 2.75) is 20.8 Å². The van der Waals surface area contributed by atoms with E-state index in [0.717, 1.165) is 0 Å². The summed E-state index contributed by atoms with van der Waals surface area (Å²) in [5.41, 5.74) is 1.25. The molecule has 0 aliphatic heterocycles. The lowest BCUT2D eigenvalue weighted by atomic mass is 10.2. The van der Waals surface area contributed by atoms with Gasteiger partial charge in [0.1, 0.15) is 0 Å². The van der Waals surface area contributed by atoms with E-state index in [0.29, 0.717) is 5.92 Å². The molecular weight excluding hydrogens is 98.1 g/mol. The molecular formula is C7H15N. The van der Waals surface area contributed by atoms with Gasteiger partial charge in [-0.3, -0.25) is 0 Å². The number of hydrogen-bond donors (Lipinski definition) is 1. The van der Waals surface area contributed by atoms with E-state index in [1.807, 2.05) is 7.05 Å². The van der Waals surface area contributed by atoms with Crippen molar-refractivity contribution in [3.8, 4) is 0 Å². The molecule has 1 nitrogen and oxygen atoms in total. The molecule has 0 atom stereocenters. The summed E-state index contributed by atoms with van der Waals surface area (Å²) in [5, 5.41) is 3.06. The molecule has 0 aromatic heterocycles. The molecule has 1 N–H and O–H groups in total. The molecule has 48 valence electrons. The zero-order chi connectivity index (χ0) is 6.57. The van der Waals surface area contributed by atoms with Gasteiger partial charge in [0.25, 0.3) is 0 Å². The minimum Gasteiger partial charge on any atom is -0.392 e. The predicted molar refractivity (Wildman–Crippen MR) is 37.7 cm³/mol. The molecule has 0 rings (SSSR count). The summed E-state index contributed by atoms with van der Waals surface area (Å²) in [5.74, 6) is 0.655. The molecule has 0 radical (unpaired) electrons. The first-order valence-corrected chi connectivity index (χ1v) is 3.03. The molecule has 0 bridgehead atoms. The van der Waals surface area contributed by atoms with Gasteiger partial charge in [-0.2, -0.15) is 0 Å². The van der Waals surface area contributed by atoms with Crippen LogP contribution >= 0.6 is 0 Å². The van der Waals surface area contributed by atoms with Crippen molar-refractivity contribution in [1.82, 2.24) is 5.32 Å². The van der Waals surface area contributed by atoms with Crippen LogP contribution in [-0.4, -0.2) is 7.05 Å². The van der Waals surface area contributed by atoms with Gasteiger partial charge in [0.2, 0.25) is 0 Å². The fraction of sp³-hybridized carbons (Fsp3) is 0.714. The highest BCUT2D eigenvalue weighted by Gasteiger charge is 1.85. The summed E-state index contributed by atoms with van der Waals surface area (Å²) in [4.78, 5) is 0. The normalized spacial score (nSPS) is 12.4. The van der Waals surface area contributed by atoms with Gasteiger partial charge < -0.3 is 5.32 Å². The summed E-state index contributed by atoms with van der Waals surface area (Å²) in [6, 6.07) is 0. The van der Waals surface area contributed by atoms with E-state index in [-0.39, 0.29) is 0 Å². The van der Waals surface area contributed by atoms with Gasteiger partial charge in [0.15, 0.2) is 0 Å². The summed E-state index contributed by atoms with van der Waals surface area (Å²) >= 11 is 0. The van der Waals surface area contributed by atoms with E-state index in [1.54, 1.807) is 0 Å². The average molecular weight is 113 g/mol. The summed E-state index contributed by atoms with van der Waals surface area (Å²) < 4.78 is 0. The quantitative estimate of drug-likeness (QED) is 0.575. The zero-order valence-corrected chi connectivity index (χ0v) is 6.15. The third-order valence-electron chi connectivity index (χ3n) is 0.978. The molecule has 8 heavy (non-hydrogen) atoms. The van der Waals surface area contributed by atoms with Crippen LogP contribution in [0.2, 0.25) is 0 Å². The fourth-order valence-electron chi connectivity index (χ4n) is 0.583. The Labute approximate surface area is 51.8 Å². The van der Waals surface area contributed by atoms with Crippen LogP contribution in [0.15, 0.2) is 11.8 Å². The van der Waals surface area contributed by atoms with Gasteiger partial charge >= 0.3 is 0 Å². The van der Waals surface area contributed by atoms with Gasteiger partial charge in [0, 0.05) is 12.7 Å². The number of hydrogen-bond acceptors (Lipinski definition) is 1.